The minimum Gasteiger partial charge on any atom is -0.342 e. The molecule has 0 atom stereocenters. The zero-order chi connectivity index (χ0) is 22.4. The van der Waals surface area contributed by atoms with Gasteiger partial charge in [0.25, 0.3) is 5.91 Å². The van der Waals surface area contributed by atoms with E-state index in [1.54, 1.807) is 17.1 Å². The average molecular weight is 462 g/mol. The lowest BCUT2D eigenvalue weighted by atomic mass is 10.1. The molecule has 0 saturated carbocycles. The van der Waals surface area contributed by atoms with Crippen molar-refractivity contribution < 1.29 is 9.18 Å². The first-order chi connectivity index (χ1) is 15.4. The van der Waals surface area contributed by atoms with Gasteiger partial charge < -0.3 is 4.57 Å². The maximum Gasteiger partial charge on any atom is 0.285 e. The molecule has 2 aromatic heterocycles. The first-order valence-corrected chi connectivity index (χ1v) is 11.4. The van der Waals surface area contributed by atoms with E-state index in [1.807, 2.05) is 67.2 Å². The lowest BCUT2D eigenvalue weighted by Gasteiger charge is -2.20. The van der Waals surface area contributed by atoms with Gasteiger partial charge in [0.2, 0.25) is 0 Å². The normalized spacial score (nSPS) is 15.5. The summed E-state index contributed by atoms with van der Waals surface area (Å²) < 4.78 is 17.8. The van der Waals surface area contributed by atoms with Gasteiger partial charge >= 0.3 is 0 Å². The third-order valence-corrected chi connectivity index (χ3v) is 6.86. The molecule has 0 radical (unpaired) electrons. The number of fused-ring (bicyclic) bond motifs is 1. The van der Waals surface area contributed by atoms with Crippen molar-refractivity contribution in [3.05, 3.63) is 100 Å². The van der Waals surface area contributed by atoms with Gasteiger partial charge in [-0.25, -0.2) is 4.39 Å². The molecule has 1 fully saturated rings. The lowest BCUT2D eigenvalue weighted by molar-refractivity contribution is -0.114. The molecule has 2 aromatic carbocycles. The summed E-state index contributed by atoms with van der Waals surface area (Å²) in [6.45, 7) is 4.52. The number of thiocarbonyl (C=S) groups is 1. The summed E-state index contributed by atoms with van der Waals surface area (Å²) in [5, 5.41) is 2.61. The summed E-state index contributed by atoms with van der Waals surface area (Å²) in [5.74, 6) is -0.375. The van der Waals surface area contributed by atoms with E-state index in [1.165, 1.54) is 23.9 Å². The second-order valence-corrected chi connectivity index (χ2v) is 9.45. The van der Waals surface area contributed by atoms with Crippen LogP contribution in [0.15, 0.2) is 71.8 Å². The molecule has 0 N–H and O–H groups in total. The van der Waals surface area contributed by atoms with E-state index in [0.29, 0.717) is 15.8 Å². The minimum absolute atomic E-state index is 0.127. The molecule has 32 heavy (non-hydrogen) atoms. The van der Waals surface area contributed by atoms with Crippen molar-refractivity contribution in [1.82, 2.24) is 9.24 Å². The van der Waals surface area contributed by atoms with E-state index in [2.05, 4.69) is 4.57 Å². The van der Waals surface area contributed by atoms with Crippen LogP contribution in [0.1, 0.15) is 22.5 Å². The van der Waals surface area contributed by atoms with Crippen molar-refractivity contribution in [1.29, 1.82) is 0 Å². The van der Waals surface area contributed by atoms with Gasteiger partial charge in [0.15, 0.2) is 4.32 Å². The Balaban J connectivity index is 1.53. The second-order valence-electron chi connectivity index (χ2n) is 7.78. The first kappa shape index (κ1) is 20.7. The van der Waals surface area contributed by atoms with E-state index in [9.17, 15) is 9.18 Å². The van der Waals surface area contributed by atoms with Crippen molar-refractivity contribution >= 4 is 51.2 Å². The number of hydrogen-bond acceptors (Lipinski definition) is 3. The van der Waals surface area contributed by atoms with Crippen molar-refractivity contribution in [3.8, 4) is 0 Å². The fourth-order valence-corrected chi connectivity index (χ4v) is 5.29. The van der Waals surface area contributed by atoms with Crippen molar-refractivity contribution in [2.75, 3.05) is 5.01 Å². The van der Waals surface area contributed by atoms with Gasteiger partial charge in [-0.1, -0.05) is 42.1 Å². The summed E-state index contributed by atoms with van der Waals surface area (Å²) in [6, 6.07) is 18.5. The molecule has 0 spiro atoms. The third kappa shape index (κ3) is 3.57. The highest BCUT2D eigenvalue weighted by Gasteiger charge is 2.35. The minimum atomic E-state index is -0.248. The highest BCUT2D eigenvalue weighted by Crippen LogP contribution is 2.34. The highest BCUT2D eigenvalue weighted by atomic mass is 32.2. The quantitative estimate of drug-likeness (QED) is 0.285. The van der Waals surface area contributed by atoms with Gasteiger partial charge in [-0.05, 0) is 68.0 Å². The Morgan fingerprint density at radius 2 is 1.69 bits per heavy atom. The number of carbonyl (C=O) groups is 1. The summed E-state index contributed by atoms with van der Waals surface area (Å²) in [4.78, 5) is 13.9. The number of carbonyl (C=O) groups excluding carboxylic acids is 1. The fourth-order valence-electron chi connectivity index (χ4n) is 4.06. The van der Waals surface area contributed by atoms with Gasteiger partial charge in [0.05, 0.1) is 4.91 Å². The Morgan fingerprint density at radius 3 is 2.41 bits per heavy atom. The molecule has 1 amide bonds. The molecule has 3 heterocycles. The monoisotopic (exact) mass is 461 g/mol. The van der Waals surface area contributed by atoms with E-state index in [0.717, 1.165) is 33.4 Å². The average Bonchev–Trinajstić information content (AvgIpc) is 3.38. The second kappa shape index (κ2) is 8.07. The molecule has 0 aliphatic carbocycles. The zero-order valence-electron chi connectivity index (χ0n) is 17.6. The van der Waals surface area contributed by atoms with Crippen LogP contribution in [0.2, 0.25) is 0 Å². The predicted molar refractivity (Wildman–Crippen MR) is 133 cm³/mol. The van der Waals surface area contributed by atoms with Crippen LogP contribution in [-0.4, -0.2) is 19.5 Å². The number of para-hydroxylation sites is 1. The molecule has 1 aliphatic heterocycles. The van der Waals surface area contributed by atoms with Crippen LogP contribution >= 0.6 is 24.0 Å². The standard InChI is InChI=1S/C25H20FN3OS2/c1-16-7-8-17(2)28(16)29-24(30)23(32-25(29)31)13-19-15-27(22-6-4-3-5-21(19)22)14-18-9-11-20(26)12-10-18/h3-13,15H,14H2,1-2H3/b23-13-. The predicted octanol–water partition coefficient (Wildman–Crippen LogP) is 5.78. The Kier molecular flexibility index (Phi) is 5.23. The van der Waals surface area contributed by atoms with Crippen molar-refractivity contribution in [3.63, 3.8) is 0 Å². The molecule has 0 unspecified atom stereocenters. The van der Waals surface area contributed by atoms with Crippen molar-refractivity contribution in [2.24, 2.45) is 0 Å². The van der Waals surface area contributed by atoms with Crippen LogP contribution in [0.3, 0.4) is 0 Å². The number of hydrogen-bond donors (Lipinski definition) is 0. The topological polar surface area (TPSA) is 30.2 Å². The maximum atomic E-state index is 13.3. The van der Waals surface area contributed by atoms with E-state index in [-0.39, 0.29) is 11.7 Å². The molecule has 1 aliphatic rings. The van der Waals surface area contributed by atoms with Gasteiger partial charge in [0, 0.05) is 40.6 Å². The summed E-state index contributed by atoms with van der Waals surface area (Å²) >= 11 is 6.86. The summed E-state index contributed by atoms with van der Waals surface area (Å²) in [6.07, 6.45) is 3.95. The van der Waals surface area contributed by atoms with Crippen molar-refractivity contribution in [2.45, 2.75) is 20.4 Å². The summed E-state index contributed by atoms with van der Waals surface area (Å²) in [5.41, 5.74) is 4.91. The van der Waals surface area contributed by atoms with Gasteiger partial charge in [-0.15, -0.1) is 0 Å². The molecule has 4 nitrogen and oxygen atoms in total. The lowest BCUT2D eigenvalue weighted by Crippen LogP contribution is -2.39. The number of aryl methyl sites for hydroxylation is 2. The van der Waals surface area contributed by atoms with Crippen LogP contribution < -0.4 is 5.01 Å². The van der Waals surface area contributed by atoms with Crippen LogP contribution in [0.25, 0.3) is 17.0 Å². The van der Waals surface area contributed by atoms with E-state index in [4.69, 9.17) is 12.2 Å². The first-order valence-electron chi connectivity index (χ1n) is 10.2. The number of aromatic nitrogens is 2. The molecule has 160 valence electrons. The number of halogens is 1. The Bertz CT molecular complexity index is 1380. The molecule has 5 rings (SSSR count). The molecule has 7 heteroatoms. The zero-order valence-corrected chi connectivity index (χ0v) is 19.2. The number of rotatable bonds is 4. The van der Waals surface area contributed by atoms with Gasteiger partial charge in [-0.2, -0.15) is 5.01 Å². The number of thioether (sulfide) groups is 1. The Labute approximate surface area is 194 Å². The number of amides is 1. The van der Waals surface area contributed by atoms with Crippen LogP contribution in [0.4, 0.5) is 4.39 Å². The van der Waals surface area contributed by atoms with E-state index >= 15 is 0 Å². The van der Waals surface area contributed by atoms with E-state index < -0.39 is 0 Å². The SMILES string of the molecule is Cc1ccc(C)n1N1C(=O)/C(=C/c2cn(Cc3ccc(F)cc3)c3ccccc23)SC1=S. The maximum absolute atomic E-state index is 13.3. The summed E-state index contributed by atoms with van der Waals surface area (Å²) in [7, 11) is 0. The molecular formula is C25H20FN3OS2. The Morgan fingerprint density at radius 1 is 1.00 bits per heavy atom. The van der Waals surface area contributed by atoms with Gasteiger partial charge in [0.1, 0.15) is 5.82 Å². The van der Waals surface area contributed by atoms with Crippen LogP contribution in [0.5, 0.6) is 0 Å². The highest BCUT2D eigenvalue weighted by molar-refractivity contribution is 8.27. The van der Waals surface area contributed by atoms with Crippen LogP contribution in [-0.2, 0) is 11.3 Å². The fraction of sp³-hybridized carbons (Fsp3) is 0.120. The number of nitrogens with zero attached hydrogens (tertiary/aromatic N) is 3. The molecule has 1 saturated heterocycles. The molecule has 4 aromatic rings. The smallest absolute Gasteiger partial charge is 0.285 e. The van der Waals surface area contributed by atoms with Gasteiger partial charge in [-0.3, -0.25) is 9.47 Å². The Hall–Kier alpha value is -3.16. The van der Waals surface area contributed by atoms with Crippen LogP contribution in [0, 0.1) is 19.7 Å². The number of benzene rings is 2. The third-order valence-electron chi connectivity index (χ3n) is 5.58. The molecular weight excluding hydrogens is 441 g/mol. The largest absolute Gasteiger partial charge is 0.342 e. The molecule has 0 bridgehead atoms.